The number of pyridine rings is 2. The first-order valence-electron chi connectivity index (χ1n) is 23.6. The maximum Gasteiger partial charge on any atom is 0.395 e. The number of rotatable bonds is 21. The standard InChI is InChI=1S/C26H30Cl2F3N3O2.C14H21ClN2O.C12H11ClF3NO2/c1-4-23(35)17-6-5-16(21(28)12-17)11-19(34(2)3)15-33-24(36)13-20(22-8-7-18(27)14-32-22)25(9-10-25)26(29,30)31;1-4-14(18)11-6-5-10(13(15)8-11)7-12(9-16)17(2)3;13-7-1-2-9(17-6-7)8(5-10(18)19)11(3-4-11)12(14,15)16/h5-8,12,14,19-20H,4,9-11,13,15H2,1-3H3,(H,33,36);5-6,8,12H,4,7,9,16H2,1-3H3;1-2,6,8H,3-5H2,(H,18,19)/t19-,20?;12-;/m00./s1. The maximum atomic E-state index is 13.9. The number of carboxylic acid groups (broad SMARTS) is 1. The molecule has 4 N–H and O–H groups in total. The minimum absolute atomic E-state index is 0.00287. The minimum atomic E-state index is -4.44. The Bertz CT molecular complexity index is 2510. The van der Waals surface area contributed by atoms with Crippen molar-refractivity contribution in [3.63, 3.8) is 0 Å². The molecule has 73 heavy (non-hydrogen) atoms. The van der Waals surface area contributed by atoms with Gasteiger partial charge in [-0.3, -0.25) is 29.1 Å². The number of nitrogens with zero attached hydrogens (tertiary/aromatic N) is 4. The van der Waals surface area contributed by atoms with Gasteiger partial charge in [-0.15, -0.1) is 0 Å². The van der Waals surface area contributed by atoms with Crippen LogP contribution in [0.15, 0.2) is 73.1 Å². The van der Waals surface area contributed by atoms with Crippen molar-refractivity contribution in [2.24, 2.45) is 16.6 Å². The fraction of sp³-hybridized carbons (Fsp3) is 0.500. The van der Waals surface area contributed by atoms with Crippen LogP contribution >= 0.6 is 46.4 Å². The smallest absolute Gasteiger partial charge is 0.395 e. The first kappa shape index (κ1) is 61.2. The van der Waals surface area contributed by atoms with E-state index >= 15 is 0 Å². The highest BCUT2D eigenvalue weighted by Gasteiger charge is 2.68. The predicted octanol–water partition coefficient (Wildman–Crippen LogP) is 12.1. The summed E-state index contributed by atoms with van der Waals surface area (Å²) in [5, 5.41) is 13.4. The summed E-state index contributed by atoms with van der Waals surface area (Å²) in [5.41, 5.74) is 5.24. The Morgan fingerprint density at radius 3 is 1.36 bits per heavy atom. The van der Waals surface area contributed by atoms with Crippen molar-refractivity contribution in [2.75, 3.05) is 41.3 Å². The van der Waals surface area contributed by atoms with Crippen LogP contribution in [0.4, 0.5) is 26.3 Å². The van der Waals surface area contributed by atoms with E-state index in [2.05, 4.69) is 20.2 Å². The SMILES string of the molecule is CCC(=O)c1ccc(C[C@@H](CN)N(C)C)c(Cl)c1.CCC(=O)c1ccc(C[C@@H](CNC(=O)CC(c2ccc(Cl)cn2)C2(C(F)(F)F)CC2)N(C)C)c(Cl)c1.O=C(O)CC(c1ccc(Cl)cn1)C1(C(F)(F)F)CC1. The Hall–Kier alpha value is -4.36. The lowest BCUT2D eigenvalue weighted by Crippen LogP contribution is -2.43. The molecule has 2 heterocycles. The van der Waals surface area contributed by atoms with E-state index in [0.717, 1.165) is 17.5 Å². The zero-order valence-electron chi connectivity index (χ0n) is 41.4. The topological polar surface area (TPSA) is 159 Å². The molecule has 2 aromatic heterocycles. The quantitative estimate of drug-likeness (QED) is 0.0542. The van der Waals surface area contributed by atoms with Gasteiger partial charge in [-0.25, -0.2) is 0 Å². The number of ketones is 2. The van der Waals surface area contributed by atoms with Gasteiger partial charge in [0.2, 0.25) is 5.91 Å². The average molecular weight is 1110 g/mol. The first-order valence-corrected chi connectivity index (χ1v) is 25.2. The predicted molar refractivity (Wildman–Crippen MR) is 273 cm³/mol. The number of hydrogen-bond acceptors (Lipinski definition) is 9. The molecule has 2 aromatic carbocycles. The van der Waals surface area contributed by atoms with Crippen molar-refractivity contribution < 1.29 is 50.6 Å². The number of carboxylic acids is 1. The second-order valence-corrected chi connectivity index (χ2v) is 20.6. The molecule has 400 valence electrons. The number of halogens is 10. The number of carbonyl (C=O) groups excluding carboxylic acids is 3. The molecule has 0 radical (unpaired) electrons. The van der Waals surface area contributed by atoms with Gasteiger partial charge >= 0.3 is 18.3 Å². The fourth-order valence-corrected chi connectivity index (χ4v) is 9.29. The van der Waals surface area contributed by atoms with Gasteiger partial charge in [0, 0.05) is 101 Å². The van der Waals surface area contributed by atoms with Crippen LogP contribution in [0, 0.1) is 10.8 Å². The van der Waals surface area contributed by atoms with Gasteiger partial charge in [-0.05, 0) is 114 Å². The van der Waals surface area contributed by atoms with Gasteiger partial charge in [0.05, 0.1) is 27.3 Å². The van der Waals surface area contributed by atoms with E-state index < -0.39 is 53.3 Å². The van der Waals surface area contributed by atoms with Crippen LogP contribution in [0.25, 0.3) is 0 Å². The van der Waals surface area contributed by atoms with Crippen molar-refractivity contribution in [1.29, 1.82) is 0 Å². The Morgan fingerprint density at radius 2 is 1.05 bits per heavy atom. The summed E-state index contributed by atoms with van der Waals surface area (Å²) in [4.78, 5) is 59.2. The molecule has 2 unspecified atom stereocenters. The van der Waals surface area contributed by atoms with E-state index in [9.17, 15) is 45.5 Å². The number of amides is 1. The maximum absolute atomic E-state index is 13.9. The number of nitrogens with one attached hydrogen (secondary N) is 1. The van der Waals surface area contributed by atoms with Crippen LogP contribution in [-0.4, -0.2) is 114 Å². The monoisotopic (exact) mass is 1100 g/mol. The van der Waals surface area contributed by atoms with Gasteiger partial charge < -0.3 is 26.0 Å². The van der Waals surface area contributed by atoms with Gasteiger partial charge in [0.1, 0.15) is 0 Å². The molecule has 0 spiro atoms. The van der Waals surface area contributed by atoms with Gasteiger partial charge in [0.15, 0.2) is 11.6 Å². The van der Waals surface area contributed by atoms with Crippen LogP contribution in [0.5, 0.6) is 0 Å². The molecule has 4 aromatic rings. The summed E-state index contributed by atoms with van der Waals surface area (Å²) in [5.74, 6) is -3.89. The molecule has 2 saturated carbocycles. The molecule has 0 saturated heterocycles. The Labute approximate surface area is 442 Å². The molecule has 21 heteroatoms. The molecule has 0 bridgehead atoms. The number of benzene rings is 2. The molecule has 11 nitrogen and oxygen atoms in total. The third-order valence-corrected chi connectivity index (χ3v) is 14.7. The fourth-order valence-electron chi connectivity index (χ4n) is 8.55. The van der Waals surface area contributed by atoms with Crippen LogP contribution in [0.1, 0.15) is 120 Å². The molecular weight excluding hydrogens is 1040 g/mol. The number of hydrogen-bond donors (Lipinski definition) is 3. The summed E-state index contributed by atoms with van der Waals surface area (Å²) in [6.07, 6.45) is -5.26. The largest absolute Gasteiger partial charge is 0.481 e. The lowest BCUT2D eigenvalue weighted by atomic mass is 9.82. The van der Waals surface area contributed by atoms with Crippen LogP contribution in [-0.2, 0) is 22.4 Å². The second kappa shape index (κ2) is 26.4. The third kappa shape index (κ3) is 16.6. The van der Waals surface area contributed by atoms with E-state index in [-0.39, 0.29) is 73.7 Å². The van der Waals surface area contributed by atoms with Crippen molar-refractivity contribution in [3.05, 3.63) is 127 Å². The van der Waals surface area contributed by atoms with Crippen molar-refractivity contribution >= 4 is 69.8 Å². The van der Waals surface area contributed by atoms with E-state index in [1.807, 2.05) is 52.1 Å². The summed E-state index contributed by atoms with van der Waals surface area (Å²) in [6, 6.07) is 16.5. The summed E-state index contributed by atoms with van der Waals surface area (Å²) in [7, 11) is 7.70. The lowest BCUT2D eigenvalue weighted by Gasteiger charge is -2.29. The Balaban J connectivity index is 0.000000262. The summed E-state index contributed by atoms with van der Waals surface area (Å²) >= 11 is 24.1. The highest BCUT2D eigenvalue weighted by Crippen LogP contribution is 2.67. The van der Waals surface area contributed by atoms with Gasteiger partial charge in [0.25, 0.3) is 0 Å². The summed E-state index contributed by atoms with van der Waals surface area (Å²) < 4.78 is 81.2. The summed E-state index contributed by atoms with van der Waals surface area (Å²) in [6.45, 7) is 4.43. The zero-order chi connectivity index (χ0) is 54.6. The van der Waals surface area contributed by atoms with Crippen LogP contribution in [0.2, 0.25) is 20.1 Å². The number of nitrogens with two attached hydrogens (primary N) is 1. The van der Waals surface area contributed by atoms with Crippen molar-refractivity contribution in [3.8, 4) is 0 Å². The van der Waals surface area contributed by atoms with E-state index in [1.54, 1.807) is 31.2 Å². The Morgan fingerprint density at radius 1 is 0.658 bits per heavy atom. The van der Waals surface area contributed by atoms with E-state index in [0.29, 0.717) is 57.0 Å². The molecule has 2 aliphatic rings. The van der Waals surface area contributed by atoms with Crippen LogP contribution < -0.4 is 11.1 Å². The first-order chi connectivity index (χ1) is 34.1. The number of aliphatic carboxylic acids is 1. The van der Waals surface area contributed by atoms with E-state index in [1.165, 1.54) is 36.7 Å². The molecule has 2 fully saturated rings. The lowest BCUT2D eigenvalue weighted by molar-refractivity contribution is -0.196. The molecule has 4 atom stereocenters. The Kier molecular flexibility index (Phi) is 22.1. The highest BCUT2D eigenvalue weighted by molar-refractivity contribution is 6.32. The van der Waals surface area contributed by atoms with E-state index in [4.69, 9.17) is 57.2 Å². The minimum Gasteiger partial charge on any atom is -0.481 e. The molecule has 2 aliphatic carbocycles. The third-order valence-electron chi connectivity index (χ3n) is 13.6. The molecule has 6 rings (SSSR count). The van der Waals surface area contributed by atoms with Gasteiger partial charge in [-0.2, -0.15) is 26.3 Å². The van der Waals surface area contributed by atoms with Crippen molar-refractivity contribution in [1.82, 2.24) is 25.1 Å². The molecular formula is C52H62Cl4F6N6O5. The highest BCUT2D eigenvalue weighted by atomic mass is 35.5. The molecule has 0 aliphatic heterocycles. The number of Topliss-reactive ketones (excluding diaryl/α,β-unsaturated/α-hetero) is 2. The van der Waals surface area contributed by atoms with Crippen molar-refractivity contribution in [2.45, 2.75) is 114 Å². The molecule has 1 amide bonds. The van der Waals surface area contributed by atoms with Gasteiger partial charge in [-0.1, -0.05) is 84.5 Å². The number of aromatic nitrogens is 2. The zero-order valence-corrected chi connectivity index (χ0v) is 44.5. The van der Waals surface area contributed by atoms with Crippen LogP contribution in [0.3, 0.4) is 0 Å². The average Bonchev–Trinajstić information content (AvgIpc) is 4.27. The number of carbonyl (C=O) groups is 4. The number of alkyl halides is 6. The normalized spacial score (nSPS) is 16.2. The second-order valence-electron chi connectivity index (χ2n) is 18.9. The number of likely N-dealkylation sites (N-methyl/N-ethyl adjacent to an activating group) is 2.